The number of non-ortho nitro benzene ring substituents is 1. The Hall–Kier alpha value is -2.43. The zero-order chi connectivity index (χ0) is 26.7. The second-order valence-electron chi connectivity index (χ2n) is 8.26. The average Bonchev–Trinajstić information content (AvgIpc) is 2.86. The van der Waals surface area contributed by atoms with Crippen LogP contribution in [0, 0.1) is 10.1 Å². The van der Waals surface area contributed by atoms with E-state index in [1.54, 1.807) is 6.07 Å². The number of nitro groups is 1. The van der Waals surface area contributed by atoms with Crippen molar-refractivity contribution in [2.24, 2.45) is 0 Å². The van der Waals surface area contributed by atoms with Crippen LogP contribution < -0.4 is 4.90 Å². The van der Waals surface area contributed by atoms with Crippen LogP contribution in [-0.2, 0) is 11.3 Å². The van der Waals surface area contributed by atoms with Gasteiger partial charge >= 0.3 is 6.09 Å². The lowest BCUT2D eigenvalue weighted by Gasteiger charge is -2.35. The van der Waals surface area contributed by atoms with Crippen molar-refractivity contribution in [3.05, 3.63) is 68.2 Å². The summed E-state index contributed by atoms with van der Waals surface area (Å²) in [4.78, 5) is 27.7. The van der Waals surface area contributed by atoms with Crippen LogP contribution in [0.3, 0.4) is 0 Å². The molecular weight excluding hydrogens is 507 g/mol. The highest BCUT2D eigenvalue weighted by molar-refractivity contribution is 6.42. The largest absolute Gasteiger partial charge is 0.465 e. The van der Waals surface area contributed by atoms with Crippen LogP contribution in [0.4, 0.5) is 16.2 Å². The maximum atomic E-state index is 11.7. The molecule has 36 heavy (non-hydrogen) atoms. The van der Waals surface area contributed by atoms with Gasteiger partial charge in [0.25, 0.3) is 5.69 Å². The lowest BCUT2D eigenvalue weighted by atomic mass is 10.1. The summed E-state index contributed by atoms with van der Waals surface area (Å²) in [5.41, 5.74) is 1.26. The highest BCUT2D eigenvalue weighted by Gasteiger charge is 2.26. The molecule has 2 aromatic carbocycles. The van der Waals surface area contributed by atoms with Crippen LogP contribution in [0.2, 0.25) is 10.0 Å². The van der Waals surface area contributed by atoms with Gasteiger partial charge in [0.15, 0.2) is 0 Å². The molecule has 0 saturated carbocycles. The molecule has 9 nitrogen and oxygen atoms in total. The summed E-state index contributed by atoms with van der Waals surface area (Å²) in [7, 11) is 0. The van der Waals surface area contributed by atoms with E-state index in [2.05, 4.69) is 30.6 Å². The Morgan fingerprint density at radius 3 is 2.25 bits per heavy atom. The summed E-state index contributed by atoms with van der Waals surface area (Å²) in [6, 6.07) is 10.9. The van der Waals surface area contributed by atoms with Crippen LogP contribution in [0.25, 0.3) is 0 Å². The second kappa shape index (κ2) is 15.0. The fourth-order valence-electron chi connectivity index (χ4n) is 3.85. The SMILES string of the molecule is CCN(CC)CC.O=C(O)N(CC1CN(Cc2ccc(Cl)c(Cl)c2)CCO1)c1ccc([N+](=O)[O-])cc1. The molecule has 1 atom stereocenters. The zero-order valence-corrected chi connectivity index (χ0v) is 22.4. The van der Waals surface area contributed by atoms with E-state index in [0.29, 0.717) is 42.0 Å². The van der Waals surface area contributed by atoms with E-state index < -0.39 is 11.0 Å². The number of carboxylic acid groups (broad SMARTS) is 1. The molecule has 1 aliphatic rings. The standard InChI is InChI=1S/C19H19Cl2N3O5.C6H15N/c20-17-6-1-13(9-18(17)21)10-22-7-8-29-16(11-22)12-23(19(25)26)14-2-4-15(5-3-14)24(27)28;1-4-7(5-2)6-3/h1-6,9,16H,7-8,10-12H2,(H,25,26);4-6H2,1-3H3. The van der Waals surface area contributed by atoms with Gasteiger partial charge in [-0.05, 0) is 49.5 Å². The van der Waals surface area contributed by atoms with Gasteiger partial charge in [0, 0.05) is 37.5 Å². The first-order valence-electron chi connectivity index (χ1n) is 11.9. The summed E-state index contributed by atoms with van der Waals surface area (Å²) >= 11 is 12.0. The molecule has 198 valence electrons. The minimum Gasteiger partial charge on any atom is -0.465 e. The predicted molar refractivity (Wildman–Crippen MR) is 143 cm³/mol. The monoisotopic (exact) mass is 540 g/mol. The molecule has 0 bridgehead atoms. The minimum atomic E-state index is -1.15. The number of anilines is 1. The van der Waals surface area contributed by atoms with Crippen molar-refractivity contribution in [3.63, 3.8) is 0 Å². The highest BCUT2D eigenvalue weighted by atomic mass is 35.5. The second-order valence-corrected chi connectivity index (χ2v) is 9.08. The number of hydrogen-bond acceptors (Lipinski definition) is 6. The molecule has 0 aromatic heterocycles. The maximum Gasteiger partial charge on any atom is 0.411 e. The first kappa shape index (κ1) is 29.8. The third kappa shape index (κ3) is 9.22. The molecule has 0 radical (unpaired) electrons. The van der Waals surface area contributed by atoms with E-state index in [-0.39, 0.29) is 18.3 Å². The van der Waals surface area contributed by atoms with Gasteiger partial charge in [-0.1, -0.05) is 50.0 Å². The molecule has 1 saturated heterocycles. The van der Waals surface area contributed by atoms with E-state index >= 15 is 0 Å². The van der Waals surface area contributed by atoms with E-state index in [9.17, 15) is 20.0 Å². The molecule has 2 aromatic rings. The Morgan fingerprint density at radius 2 is 1.75 bits per heavy atom. The Labute approximate surface area is 222 Å². The van der Waals surface area contributed by atoms with Crippen LogP contribution >= 0.6 is 23.2 Å². The molecule has 1 fully saturated rings. The first-order valence-corrected chi connectivity index (χ1v) is 12.7. The number of benzene rings is 2. The highest BCUT2D eigenvalue weighted by Crippen LogP contribution is 2.24. The quantitative estimate of drug-likeness (QED) is 0.324. The number of ether oxygens (including phenoxy) is 1. The minimum absolute atomic E-state index is 0.0965. The summed E-state index contributed by atoms with van der Waals surface area (Å²) in [5.74, 6) is 0. The third-order valence-electron chi connectivity index (χ3n) is 5.94. The predicted octanol–water partition coefficient (Wildman–Crippen LogP) is 5.64. The van der Waals surface area contributed by atoms with Gasteiger partial charge in [-0.2, -0.15) is 0 Å². The lowest BCUT2D eigenvalue weighted by molar-refractivity contribution is -0.384. The summed E-state index contributed by atoms with van der Waals surface area (Å²) < 4.78 is 5.75. The zero-order valence-electron chi connectivity index (χ0n) is 20.9. The number of nitrogens with zero attached hydrogens (tertiary/aromatic N) is 4. The normalized spacial score (nSPS) is 15.8. The van der Waals surface area contributed by atoms with Gasteiger partial charge in [0.05, 0.1) is 34.2 Å². The first-order chi connectivity index (χ1) is 17.2. The number of halogens is 2. The van der Waals surface area contributed by atoms with Gasteiger partial charge in [-0.3, -0.25) is 19.9 Å². The Bertz CT molecular complexity index is 983. The van der Waals surface area contributed by atoms with Crippen molar-refractivity contribution in [1.82, 2.24) is 9.80 Å². The number of hydrogen-bond donors (Lipinski definition) is 1. The summed E-state index contributed by atoms with van der Waals surface area (Å²) in [5, 5.41) is 21.4. The Morgan fingerprint density at radius 1 is 1.11 bits per heavy atom. The van der Waals surface area contributed by atoms with Crippen molar-refractivity contribution in [2.75, 3.05) is 50.8 Å². The van der Waals surface area contributed by atoms with Crippen molar-refractivity contribution < 1.29 is 19.6 Å². The molecule has 1 aliphatic heterocycles. The van der Waals surface area contributed by atoms with Crippen LogP contribution in [0.5, 0.6) is 0 Å². The third-order valence-corrected chi connectivity index (χ3v) is 6.68. The van der Waals surface area contributed by atoms with E-state index in [0.717, 1.165) is 10.5 Å². The van der Waals surface area contributed by atoms with Crippen LogP contribution in [-0.4, -0.2) is 77.9 Å². The van der Waals surface area contributed by atoms with Crippen LogP contribution in [0.15, 0.2) is 42.5 Å². The van der Waals surface area contributed by atoms with Gasteiger partial charge in [0.2, 0.25) is 0 Å². The van der Waals surface area contributed by atoms with E-state index in [4.69, 9.17) is 27.9 Å². The molecule has 1 unspecified atom stereocenters. The van der Waals surface area contributed by atoms with Gasteiger partial charge in [-0.25, -0.2) is 4.79 Å². The number of rotatable bonds is 9. The smallest absolute Gasteiger partial charge is 0.411 e. The molecule has 3 rings (SSSR count). The van der Waals surface area contributed by atoms with E-state index in [1.165, 1.54) is 43.9 Å². The number of morpholine rings is 1. The number of amides is 1. The van der Waals surface area contributed by atoms with Crippen molar-refractivity contribution in [3.8, 4) is 0 Å². The maximum absolute atomic E-state index is 11.7. The fourth-order valence-corrected chi connectivity index (χ4v) is 4.17. The van der Waals surface area contributed by atoms with Gasteiger partial charge in [-0.15, -0.1) is 0 Å². The topological polar surface area (TPSA) is 99.4 Å². The number of nitro benzene ring substituents is 1. The molecule has 1 heterocycles. The lowest BCUT2D eigenvalue weighted by Crippen LogP contribution is -2.48. The Kier molecular flexibility index (Phi) is 12.4. The molecule has 0 spiro atoms. The fraction of sp³-hybridized carbons (Fsp3) is 0.480. The van der Waals surface area contributed by atoms with Gasteiger partial charge in [0.1, 0.15) is 0 Å². The Balaban J connectivity index is 0.000000572. The van der Waals surface area contributed by atoms with Crippen molar-refractivity contribution >= 4 is 40.7 Å². The van der Waals surface area contributed by atoms with Gasteiger partial charge < -0.3 is 14.7 Å². The molecular formula is C25H34Cl2N4O5. The van der Waals surface area contributed by atoms with Crippen molar-refractivity contribution in [1.29, 1.82) is 0 Å². The van der Waals surface area contributed by atoms with Crippen molar-refractivity contribution in [2.45, 2.75) is 33.4 Å². The van der Waals surface area contributed by atoms with Crippen LogP contribution in [0.1, 0.15) is 26.3 Å². The molecule has 1 N–H and O–H groups in total. The average molecular weight is 541 g/mol. The molecule has 0 aliphatic carbocycles. The summed E-state index contributed by atoms with van der Waals surface area (Å²) in [6.07, 6.45) is -1.48. The summed E-state index contributed by atoms with van der Waals surface area (Å²) in [6.45, 7) is 12.6. The van der Waals surface area contributed by atoms with E-state index in [1.807, 2.05) is 12.1 Å². The number of carbonyl (C=O) groups is 1. The molecule has 11 heteroatoms. The molecule has 1 amide bonds.